The number of ether oxygens (including phenoxy) is 1. The molecule has 0 unspecified atom stereocenters. The van der Waals surface area contributed by atoms with Crippen LogP contribution in [0.4, 0.5) is 5.69 Å². The van der Waals surface area contributed by atoms with Crippen molar-refractivity contribution in [2.24, 2.45) is 0 Å². The highest BCUT2D eigenvalue weighted by Crippen LogP contribution is 2.39. The van der Waals surface area contributed by atoms with Gasteiger partial charge in [0, 0.05) is 22.7 Å². The van der Waals surface area contributed by atoms with Gasteiger partial charge >= 0.3 is 5.69 Å². The molecule has 0 saturated heterocycles. The minimum Gasteiger partial charge on any atom is -0.450 e. The number of aliphatic hydroxyl groups is 1. The van der Waals surface area contributed by atoms with Crippen LogP contribution in [0.1, 0.15) is 5.56 Å². The van der Waals surface area contributed by atoms with Crippen molar-refractivity contribution in [3.05, 3.63) is 61.1 Å². The normalized spacial score (nSPS) is 10.5. The Morgan fingerprint density at radius 3 is 2.38 bits per heavy atom. The van der Waals surface area contributed by atoms with Gasteiger partial charge in [0.05, 0.1) is 21.6 Å². The van der Waals surface area contributed by atoms with Gasteiger partial charge in [-0.1, -0.05) is 40.9 Å². The molecular formula is C13H8Cl3NO4. The van der Waals surface area contributed by atoms with Crippen LogP contribution in [0.3, 0.4) is 0 Å². The molecule has 0 radical (unpaired) electrons. The van der Waals surface area contributed by atoms with Crippen molar-refractivity contribution < 1.29 is 14.8 Å². The molecule has 0 spiro atoms. The van der Waals surface area contributed by atoms with Crippen LogP contribution >= 0.6 is 34.8 Å². The van der Waals surface area contributed by atoms with Crippen LogP contribution in [0.2, 0.25) is 15.1 Å². The zero-order valence-corrected chi connectivity index (χ0v) is 12.6. The first-order valence-corrected chi connectivity index (χ1v) is 6.76. The van der Waals surface area contributed by atoms with Crippen LogP contribution in [-0.2, 0) is 6.61 Å². The van der Waals surface area contributed by atoms with Crippen molar-refractivity contribution in [3.8, 4) is 11.5 Å². The Morgan fingerprint density at radius 2 is 1.76 bits per heavy atom. The number of hydrogen-bond acceptors (Lipinski definition) is 4. The van der Waals surface area contributed by atoms with Crippen molar-refractivity contribution in [2.45, 2.75) is 6.61 Å². The van der Waals surface area contributed by atoms with E-state index >= 15 is 0 Å². The highest BCUT2D eigenvalue weighted by atomic mass is 35.5. The van der Waals surface area contributed by atoms with E-state index in [4.69, 9.17) is 39.5 Å². The van der Waals surface area contributed by atoms with Gasteiger partial charge in [0.2, 0.25) is 5.75 Å². The van der Waals surface area contributed by atoms with Gasteiger partial charge in [0.1, 0.15) is 5.75 Å². The molecule has 0 saturated carbocycles. The van der Waals surface area contributed by atoms with E-state index in [1.807, 2.05) is 0 Å². The van der Waals surface area contributed by atoms with Crippen LogP contribution in [0, 0.1) is 10.1 Å². The maximum absolute atomic E-state index is 11.0. The molecule has 5 nitrogen and oxygen atoms in total. The van der Waals surface area contributed by atoms with Crippen LogP contribution in [0.25, 0.3) is 0 Å². The van der Waals surface area contributed by atoms with Gasteiger partial charge in [0.15, 0.2) is 0 Å². The minimum absolute atomic E-state index is 0.0455. The summed E-state index contributed by atoms with van der Waals surface area (Å²) in [7, 11) is 0. The molecule has 2 aromatic rings. The maximum atomic E-state index is 11.0. The third-order valence-electron chi connectivity index (χ3n) is 2.62. The molecular weight excluding hydrogens is 341 g/mol. The van der Waals surface area contributed by atoms with Gasteiger partial charge in [-0.05, 0) is 12.1 Å². The van der Waals surface area contributed by atoms with E-state index in [9.17, 15) is 15.2 Å². The van der Waals surface area contributed by atoms with E-state index in [0.29, 0.717) is 10.6 Å². The molecule has 0 heterocycles. The van der Waals surface area contributed by atoms with Crippen molar-refractivity contribution in [1.29, 1.82) is 0 Å². The molecule has 0 aliphatic heterocycles. The van der Waals surface area contributed by atoms with E-state index in [2.05, 4.69) is 0 Å². The van der Waals surface area contributed by atoms with E-state index in [1.54, 1.807) is 12.1 Å². The summed E-state index contributed by atoms with van der Waals surface area (Å²) in [5, 5.41) is 20.8. The van der Waals surface area contributed by atoms with Gasteiger partial charge in [-0.3, -0.25) is 10.1 Å². The predicted octanol–water partition coefficient (Wildman–Crippen LogP) is 4.84. The van der Waals surface area contributed by atoms with Gasteiger partial charge in [-0.25, -0.2) is 0 Å². The van der Waals surface area contributed by atoms with Crippen LogP contribution in [-0.4, -0.2) is 10.0 Å². The SMILES string of the molecule is O=[N+]([O-])c1cc(Cl)c(Cl)cc1Oc1cc(Cl)ccc1CO. The molecule has 0 aliphatic rings. The summed E-state index contributed by atoms with van der Waals surface area (Å²) in [5.74, 6) is 0.109. The van der Waals surface area contributed by atoms with Crippen LogP contribution in [0.5, 0.6) is 11.5 Å². The first-order valence-electron chi connectivity index (χ1n) is 5.63. The third-order valence-corrected chi connectivity index (χ3v) is 3.58. The Bertz CT molecular complexity index is 706. The van der Waals surface area contributed by atoms with Gasteiger partial charge in [-0.2, -0.15) is 0 Å². The van der Waals surface area contributed by atoms with Crippen LogP contribution < -0.4 is 4.74 Å². The van der Waals surface area contributed by atoms with Crippen molar-refractivity contribution in [3.63, 3.8) is 0 Å². The Balaban J connectivity index is 2.51. The lowest BCUT2D eigenvalue weighted by Crippen LogP contribution is -1.96. The molecule has 0 bridgehead atoms. The van der Waals surface area contributed by atoms with E-state index in [0.717, 1.165) is 6.07 Å². The van der Waals surface area contributed by atoms with E-state index in [1.165, 1.54) is 12.1 Å². The lowest BCUT2D eigenvalue weighted by atomic mass is 10.2. The second kappa shape index (κ2) is 6.49. The third kappa shape index (κ3) is 3.57. The highest BCUT2D eigenvalue weighted by molar-refractivity contribution is 6.42. The molecule has 110 valence electrons. The highest BCUT2D eigenvalue weighted by Gasteiger charge is 2.20. The Kier molecular flexibility index (Phi) is 4.90. The van der Waals surface area contributed by atoms with Crippen molar-refractivity contribution in [1.82, 2.24) is 0 Å². The summed E-state index contributed by atoms with van der Waals surface area (Å²) in [6, 6.07) is 6.91. The number of nitro groups is 1. The minimum atomic E-state index is -0.638. The summed E-state index contributed by atoms with van der Waals surface area (Å²) < 4.78 is 5.48. The number of aliphatic hydroxyl groups excluding tert-OH is 1. The topological polar surface area (TPSA) is 72.6 Å². The fraction of sp³-hybridized carbons (Fsp3) is 0.0769. The quantitative estimate of drug-likeness (QED) is 0.634. The van der Waals surface area contributed by atoms with Gasteiger partial charge in [0.25, 0.3) is 0 Å². The van der Waals surface area contributed by atoms with Crippen molar-refractivity contribution >= 4 is 40.5 Å². The average molecular weight is 349 g/mol. The van der Waals surface area contributed by atoms with Gasteiger partial charge < -0.3 is 9.84 Å². The smallest absolute Gasteiger partial charge is 0.313 e. The number of nitrogens with zero attached hydrogens (tertiary/aromatic N) is 1. The first-order chi connectivity index (χ1) is 9.92. The standard InChI is InChI=1S/C13H8Cl3NO4/c14-8-2-1-7(6-18)12(3-8)21-13-5-10(16)9(15)4-11(13)17(19)20/h1-5,18H,6H2. The largest absolute Gasteiger partial charge is 0.450 e. The van der Waals surface area contributed by atoms with Crippen molar-refractivity contribution in [2.75, 3.05) is 0 Å². The summed E-state index contributed by atoms with van der Waals surface area (Å²) in [4.78, 5) is 10.4. The fourth-order valence-electron chi connectivity index (χ4n) is 1.61. The number of benzene rings is 2. The summed E-state index contributed by atoms with van der Waals surface area (Å²) in [5.41, 5.74) is 0.0908. The van der Waals surface area contributed by atoms with E-state index < -0.39 is 4.92 Å². The Morgan fingerprint density at radius 1 is 1.10 bits per heavy atom. The lowest BCUT2D eigenvalue weighted by molar-refractivity contribution is -0.385. The van der Waals surface area contributed by atoms with E-state index in [-0.39, 0.29) is 33.8 Å². The first kappa shape index (κ1) is 15.9. The Hall–Kier alpha value is -1.53. The molecule has 2 rings (SSSR count). The zero-order valence-electron chi connectivity index (χ0n) is 10.3. The molecule has 21 heavy (non-hydrogen) atoms. The second-order valence-electron chi connectivity index (χ2n) is 4.00. The molecule has 8 heteroatoms. The molecule has 2 aromatic carbocycles. The predicted molar refractivity (Wildman–Crippen MR) is 80.6 cm³/mol. The number of nitro benzene ring substituents is 1. The number of hydrogen-bond donors (Lipinski definition) is 1. The van der Waals surface area contributed by atoms with Crippen LogP contribution in [0.15, 0.2) is 30.3 Å². The Labute approximate surface area is 134 Å². The second-order valence-corrected chi connectivity index (χ2v) is 5.25. The van der Waals surface area contributed by atoms with Gasteiger partial charge in [-0.15, -0.1) is 0 Å². The number of halogens is 3. The molecule has 1 N–H and O–H groups in total. The summed E-state index contributed by atoms with van der Waals surface area (Å²) >= 11 is 17.5. The lowest BCUT2D eigenvalue weighted by Gasteiger charge is -2.11. The summed E-state index contributed by atoms with van der Waals surface area (Å²) in [6.07, 6.45) is 0. The average Bonchev–Trinajstić information content (AvgIpc) is 2.42. The maximum Gasteiger partial charge on any atom is 0.313 e. The fourth-order valence-corrected chi connectivity index (χ4v) is 2.09. The molecule has 0 aliphatic carbocycles. The molecule has 0 aromatic heterocycles. The molecule has 0 amide bonds. The summed E-state index contributed by atoms with van der Waals surface area (Å²) in [6.45, 7) is -0.304. The number of rotatable bonds is 4. The molecule has 0 fully saturated rings. The molecule has 0 atom stereocenters. The zero-order chi connectivity index (χ0) is 15.6. The monoisotopic (exact) mass is 347 g/mol.